The summed E-state index contributed by atoms with van der Waals surface area (Å²) < 4.78 is 36.6. The van der Waals surface area contributed by atoms with E-state index in [4.69, 9.17) is 9.47 Å². The Morgan fingerprint density at radius 3 is 2.21 bits per heavy atom. The molecule has 174 valence electrons. The third-order valence-corrected chi connectivity index (χ3v) is 6.38. The summed E-state index contributed by atoms with van der Waals surface area (Å²) in [6.45, 7) is 2.04. The van der Waals surface area contributed by atoms with Gasteiger partial charge in [-0.15, -0.1) is 0 Å². The highest BCUT2D eigenvalue weighted by atomic mass is 32.2. The third-order valence-electron chi connectivity index (χ3n) is 5.24. The lowest BCUT2D eigenvalue weighted by Gasteiger charge is -2.22. The number of carbonyl (C=O) groups is 1. The molecule has 0 fully saturated rings. The maximum Gasteiger partial charge on any atom is 0.251 e. The van der Waals surface area contributed by atoms with Crippen molar-refractivity contribution in [2.45, 2.75) is 19.5 Å². The minimum Gasteiger partial charge on any atom is -0.497 e. The van der Waals surface area contributed by atoms with E-state index < -0.39 is 10.0 Å². The Balaban J connectivity index is 1.74. The second-order valence-electron chi connectivity index (χ2n) is 7.61. The number of rotatable bonds is 9. The average Bonchev–Trinajstić information content (AvgIpc) is 2.82. The SMILES string of the molecule is COc1ccc(OC)c(C(C)NC(=O)c2ccc(CN(c3ccccc3)S(C)(=O)=O)cc2)c1. The van der Waals surface area contributed by atoms with Crippen LogP contribution >= 0.6 is 0 Å². The molecule has 0 saturated carbocycles. The first-order valence-corrected chi connectivity index (χ1v) is 12.2. The molecular weight excluding hydrogens is 440 g/mol. The number of nitrogens with zero attached hydrogens (tertiary/aromatic N) is 1. The van der Waals surface area contributed by atoms with Gasteiger partial charge in [-0.05, 0) is 55.0 Å². The van der Waals surface area contributed by atoms with Crippen LogP contribution in [0.4, 0.5) is 5.69 Å². The Morgan fingerprint density at radius 1 is 0.970 bits per heavy atom. The van der Waals surface area contributed by atoms with E-state index in [-0.39, 0.29) is 18.5 Å². The number of sulfonamides is 1. The van der Waals surface area contributed by atoms with Crippen LogP contribution in [0.15, 0.2) is 72.8 Å². The molecule has 1 atom stereocenters. The van der Waals surface area contributed by atoms with Crippen LogP contribution in [-0.4, -0.2) is 34.8 Å². The quantitative estimate of drug-likeness (QED) is 0.510. The Hall–Kier alpha value is -3.52. The van der Waals surface area contributed by atoms with Crippen molar-refractivity contribution in [3.8, 4) is 11.5 Å². The zero-order chi connectivity index (χ0) is 24.0. The fraction of sp³-hybridized carbons (Fsp3) is 0.240. The van der Waals surface area contributed by atoms with E-state index in [1.807, 2.05) is 19.1 Å². The van der Waals surface area contributed by atoms with E-state index in [2.05, 4.69) is 5.32 Å². The summed E-state index contributed by atoms with van der Waals surface area (Å²) >= 11 is 0. The van der Waals surface area contributed by atoms with E-state index in [1.165, 1.54) is 10.6 Å². The maximum atomic E-state index is 12.8. The standard InChI is InChI=1S/C25H28N2O5S/c1-18(23-16-22(31-2)14-15-24(23)32-3)26-25(28)20-12-10-19(11-13-20)17-27(33(4,29)30)21-8-6-5-7-9-21/h5-16,18H,17H2,1-4H3,(H,26,28). The molecule has 0 saturated heterocycles. The molecule has 7 nitrogen and oxygen atoms in total. The summed E-state index contributed by atoms with van der Waals surface area (Å²) in [6, 6.07) is 20.9. The van der Waals surface area contributed by atoms with Gasteiger partial charge in [0.05, 0.1) is 38.7 Å². The van der Waals surface area contributed by atoms with E-state index >= 15 is 0 Å². The molecule has 0 radical (unpaired) electrons. The first-order chi connectivity index (χ1) is 15.7. The topological polar surface area (TPSA) is 84.9 Å². The molecule has 3 aromatic rings. The van der Waals surface area contributed by atoms with Crippen molar-refractivity contribution < 1.29 is 22.7 Å². The predicted octanol–water partition coefficient (Wildman–Crippen LogP) is 4.16. The van der Waals surface area contributed by atoms with Gasteiger partial charge in [0.2, 0.25) is 10.0 Å². The molecule has 0 aromatic heterocycles. The number of nitrogens with one attached hydrogen (secondary N) is 1. The summed E-state index contributed by atoms with van der Waals surface area (Å²) in [5.74, 6) is 1.08. The van der Waals surface area contributed by atoms with Crippen molar-refractivity contribution in [1.29, 1.82) is 0 Å². The van der Waals surface area contributed by atoms with Crippen LogP contribution in [0.3, 0.4) is 0 Å². The number of anilines is 1. The molecule has 3 rings (SSSR count). The van der Waals surface area contributed by atoms with Crippen LogP contribution in [0.5, 0.6) is 11.5 Å². The number of ether oxygens (including phenoxy) is 2. The molecule has 1 unspecified atom stereocenters. The van der Waals surface area contributed by atoms with Crippen molar-refractivity contribution in [3.63, 3.8) is 0 Å². The highest BCUT2D eigenvalue weighted by molar-refractivity contribution is 7.92. The fourth-order valence-electron chi connectivity index (χ4n) is 3.46. The van der Waals surface area contributed by atoms with Crippen LogP contribution in [0.2, 0.25) is 0 Å². The second-order valence-corrected chi connectivity index (χ2v) is 9.51. The summed E-state index contributed by atoms with van der Waals surface area (Å²) in [6.07, 6.45) is 1.18. The molecule has 0 aliphatic carbocycles. The number of benzene rings is 3. The van der Waals surface area contributed by atoms with Gasteiger partial charge in [0, 0.05) is 11.1 Å². The summed E-state index contributed by atoms with van der Waals surface area (Å²) in [5, 5.41) is 2.97. The first-order valence-electron chi connectivity index (χ1n) is 10.4. The van der Waals surface area contributed by atoms with Gasteiger partial charge in [-0.25, -0.2) is 8.42 Å². The van der Waals surface area contributed by atoms with E-state index in [1.54, 1.807) is 74.9 Å². The smallest absolute Gasteiger partial charge is 0.251 e. The van der Waals surface area contributed by atoms with E-state index in [0.29, 0.717) is 22.7 Å². The monoisotopic (exact) mass is 468 g/mol. The van der Waals surface area contributed by atoms with Crippen LogP contribution in [0.1, 0.15) is 34.5 Å². The van der Waals surface area contributed by atoms with Crippen molar-refractivity contribution in [3.05, 3.63) is 89.5 Å². The fourth-order valence-corrected chi connectivity index (χ4v) is 4.35. The summed E-state index contributed by atoms with van der Waals surface area (Å²) in [4.78, 5) is 12.8. The lowest BCUT2D eigenvalue weighted by Crippen LogP contribution is -2.29. The van der Waals surface area contributed by atoms with E-state index in [0.717, 1.165) is 11.1 Å². The van der Waals surface area contributed by atoms with Crippen molar-refractivity contribution in [2.24, 2.45) is 0 Å². The minimum absolute atomic E-state index is 0.169. The van der Waals surface area contributed by atoms with Crippen LogP contribution < -0.4 is 19.1 Å². The zero-order valence-corrected chi connectivity index (χ0v) is 19.9. The number of para-hydroxylation sites is 1. The number of amides is 1. The number of hydrogen-bond donors (Lipinski definition) is 1. The molecule has 3 aromatic carbocycles. The maximum absolute atomic E-state index is 12.8. The zero-order valence-electron chi connectivity index (χ0n) is 19.1. The van der Waals surface area contributed by atoms with Gasteiger partial charge < -0.3 is 14.8 Å². The summed E-state index contributed by atoms with van der Waals surface area (Å²) in [7, 11) is -0.310. The second kappa shape index (κ2) is 10.4. The van der Waals surface area contributed by atoms with Crippen LogP contribution in [0.25, 0.3) is 0 Å². The van der Waals surface area contributed by atoms with Gasteiger partial charge >= 0.3 is 0 Å². The average molecular weight is 469 g/mol. The summed E-state index contributed by atoms with van der Waals surface area (Å²) in [5.41, 5.74) is 2.62. The van der Waals surface area contributed by atoms with Crippen molar-refractivity contribution in [2.75, 3.05) is 24.8 Å². The van der Waals surface area contributed by atoms with Gasteiger partial charge in [0.15, 0.2) is 0 Å². The molecule has 0 aliphatic rings. The van der Waals surface area contributed by atoms with E-state index in [9.17, 15) is 13.2 Å². The Labute approximate surface area is 195 Å². The molecule has 33 heavy (non-hydrogen) atoms. The molecule has 1 N–H and O–H groups in total. The Morgan fingerprint density at radius 2 is 1.64 bits per heavy atom. The lowest BCUT2D eigenvalue weighted by molar-refractivity contribution is 0.0939. The molecule has 1 amide bonds. The normalized spacial score (nSPS) is 12.0. The largest absolute Gasteiger partial charge is 0.497 e. The number of methoxy groups -OCH3 is 2. The highest BCUT2D eigenvalue weighted by Crippen LogP contribution is 2.29. The molecule has 0 spiro atoms. The molecule has 0 bridgehead atoms. The van der Waals surface area contributed by atoms with Gasteiger partial charge in [-0.1, -0.05) is 30.3 Å². The first kappa shape index (κ1) is 24.1. The predicted molar refractivity (Wildman–Crippen MR) is 129 cm³/mol. The van der Waals surface area contributed by atoms with Crippen molar-refractivity contribution in [1.82, 2.24) is 5.32 Å². The minimum atomic E-state index is -3.47. The van der Waals surface area contributed by atoms with Gasteiger partial charge in [0.25, 0.3) is 5.91 Å². The van der Waals surface area contributed by atoms with Gasteiger partial charge in [-0.2, -0.15) is 0 Å². The number of carbonyl (C=O) groups excluding carboxylic acids is 1. The Bertz CT molecular complexity index is 1200. The van der Waals surface area contributed by atoms with Gasteiger partial charge in [0.1, 0.15) is 11.5 Å². The number of hydrogen-bond acceptors (Lipinski definition) is 5. The van der Waals surface area contributed by atoms with Crippen LogP contribution in [0, 0.1) is 0 Å². The molecule has 0 heterocycles. The Kier molecular flexibility index (Phi) is 7.60. The molecular formula is C25H28N2O5S. The van der Waals surface area contributed by atoms with Gasteiger partial charge in [-0.3, -0.25) is 9.10 Å². The lowest BCUT2D eigenvalue weighted by atomic mass is 10.1. The third kappa shape index (κ3) is 6.04. The highest BCUT2D eigenvalue weighted by Gasteiger charge is 2.19. The molecule has 8 heteroatoms. The van der Waals surface area contributed by atoms with Crippen LogP contribution in [-0.2, 0) is 16.6 Å². The van der Waals surface area contributed by atoms with Crippen molar-refractivity contribution >= 4 is 21.6 Å². The molecule has 0 aliphatic heterocycles.